The number of nitrogens with zero attached hydrogens (tertiary/aromatic N) is 1. The summed E-state index contributed by atoms with van der Waals surface area (Å²) in [6.07, 6.45) is 0. The molecular formula is C8H10N4S. The molecule has 0 aliphatic carbocycles. The van der Waals surface area contributed by atoms with Gasteiger partial charge in [-0.15, -0.1) is 0 Å². The molecule has 0 saturated heterocycles. The summed E-state index contributed by atoms with van der Waals surface area (Å²) in [6, 6.07) is 2.04. The molecule has 2 aromatic rings. The van der Waals surface area contributed by atoms with Crippen LogP contribution >= 0.6 is 12.2 Å². The zero-order valence-corrected chi connectivity index (χ0v) is 8.25. The first-order valence-electron chi connectivity index (χ1n) is 3.98. The average Bonchev–Trinajstić information content (AvgIpc) is 2.58. The Hall–Kier alpha value is -1.36. The second kappa shape index (κ2) is 2.85. The molecule has 4 nitrogen and oxygen atoms in total. The molecule has 2 heterocycles. The van der Waals surface area contributed by atoms with Gasteiger partial charge in [0.05, 0.1) is 0 Å². The van der Waals surface area contributed by atoms with E-state index in [2.05, 4.69) is 20.2 Å². The molecular weight excluding hydrogens is 184 g/mol. The maximum absolute atomic E-state index is 4.87. The number of aromatic amines is 3. The molecule has 0 unspecified atom stereocenters. The summed E-state index contributed by atoms with van der Waals surface area (Å²) in [5.74, 6) is 0.784. The van der Waals surface area contributed by atoms with Crippen LogP contribution in [0.2, 0.25) is 0 Å². The van der Waals surface area contributed by atoms with Gasteiger partial charge < -0.3 is 4.98 Å². The molecule has 0 saturated carbocycles. The molecule has 0 fully saturated rings. The summed E-state index contributed by atoms with van der Waals surface area (Å²) >= 11 is 4.87. The normalized spacial score (nSPS) is 10.6. The van der Waals surface area contributed by atoms with E-state index < -0.39 is 0 Å². The highest BCUT2D eigenvalue weighted by Gasteiger charge is 2.06. The highest BCUT2D eigenvalue weighted by molar-refractivity contribution is 7.71. The van der Waals surface area contributed by atoms with Crippen molar-refractivity contribution in [1.29, 1.82) is 0 Å². The SMILES string of the molecule is Cc1cc(-c2nc(=S)[nH][nH]2)c(C)[nH]1. The van der Waals surface area contributed by atoms with Crippen molar-refractivity contribution < 1.29 is 0 Å². The minimum Gasteiger partial charge on any atom is -0.362 e. The Morgan fingerprint density at radius 3 is 2.54 bits per heavy atom. The molecule has 0 bridgehead atoms. The molecule has 0 atom stereocenters. The second-order valence-electron chi connectivity index (χ2n) is 3.01. The fourth-order valence-electron chi connectivity index (χ4n) is 1.37. The highest BCUT2D eigenvalue weighted by Crippen LogP contribution is 2.19. The van der Waals surface area contributed by atoms with Gasteiger partial charge in [0.15, 0.2) is 5.82 Å². The van der Waals surface area contributed by atoms with Crippen LogP contribution in [-0.4, -0.2) is 20.2 Å². The largest absolute Gasteiger partial charge is 0.362 e. The van der Waals surface area contributed by atoms with Gasteiger partial charge in [0.2, 0.25) is 4.77 Å². The third kappa shape index (κ3) is 1.42. The monoisotopic (exact) mass is 194 g/mol. The molecule has 13 heavy (non-hydrogen) atoms. The van der Waals surface area contributed by atoms with Gasteiger partial charge in [-0.3, -0.25) is 10.2 Å². The summed E-state index contributed by atoms with van der Waals surface area (Å²) in [6.45, 7) is 4.02. The van der Waals surface area contributed by atoms with Crippen molar-refractivity contribution in [2.24, 2.45) is 0 Å². The maximum Gasteiger partial charge on any atom is 0.213 e. The van der Waals surface area contributed by atoms with E-state index in [4.69, 9.17) is 12.2 Å². The predicted octanol–water partition coefficient (Wildman–Crippen LogP) is 2.08. The van der Waals surface area contributed by atoms with Gasteiger partial charge in [-0.2, -0.15) is 4.98 Å². The lowest BCUT2D eigenvalue weighted by molar-refractivity contribution is 1.08. The summed E-state index contributed by atoms with van der Waals surface area (Å²) in [7, 11) is 0. The van der Waals surface area contributed by atoms with Crippen LogP contribution < -0.4 is 0 Å². The van der Waals surface area contributed by atoms with Crippen molar-refractivity contribution in [3.63, 3.8) is 0 Å². The van der Waals surface area contributed by atoms with Gasteiger partial charge in [0, 0.05) is 17.0 Å². The third-order valence-electron chi connectivity index (χ3n) is 1.91. The number of aryl methyl sites for hydroxylation is 2. The molecule has 0 radical (unpaired) electrons. The zero-order chi connectivity index (χ0) is 9.42. The van der Waals surface area contributed by atoms with Gasteiger partial charge in [0.1, 0.15) is 0 Å². The first-order chi connectivity index (χ1) is 6.16. The fourth-order valence-corrected chi connectivity index (χ4v) is 1.51. The van der Waals surface area contributed by atoms with Gasteiger partial charge in [-0.25, -0.2) is 0 Å². The number of aromatic nitrogens is 4. The summed E-state index contributed by atoms with van der Waals surface area (Å²) in [5.41, 5.74) is 3.27. The van der Waals surface area contributed by atoms with Gasteiger partial charge >= 0.3 is 0 Å². The van der Waals surface area contributed by atoms with E-state index in [9.17, 15) is 0 Å². The Balaban J connectivity index is 2.57. The van der Waals surface area contributed by atoms with Crippen molar-refractivity contribution in [3.05, 3.63) is 22.2 Å². The van der Waals surface area contributed by atoms with E-state index in [1.165, 1.54) is 0 Å². The fraction of sp³-hybridized carbons (Fsp3) is 0.250. The lowest BCUT2D eigenvalue weighted by Crippen LogP contribution is -1.80. The van der Waals surface area contributed by atoms with Crippen molar-refractivity contribution in [2.45, 2.75) is 13.8 Å². The molecule has 5 heteroatoms. The predicted molar refractivity (Wildman–Crippen MR) is 53.0 cm³/mol. The van der Waals surface area contributed by atoms with Crippen molar-refractivity contribution in [3.8, 4) is 11.4 Å². The minimum atomic E-state index is 0.480. The van der Waals surface area contributed by atoms with Crippen LogP contribution in [-0.2, 0) is 0 Å². The highest BCUT2D eigenvalue weighted by atomic mass is 32.1. The topological polar surface area (TPSA) is 60.3 Å². The Morgan fingerprint density at radius 2 is 2.08 bits per heavy atom. The summed E-state index contributed by atoms with van der Waals surface area (Å²) in [5, 5.41) is 5.68. The first-order valence-corrected chi connectivity index (χ1v) is 4.39. The van der Waals surface area contributed by atoms with Crippen LogP contribution in [0.3, 0.4) is 0 Å². The Morgan fingerprint density at radius 1 is 1.31 bits per heavy atom. The van der Waals surface area contributed by atoms with E-state index in [1.807, 2.05) is 19.9 Å². The quantitative estimate of drug-likeness (QED) is 0.609. The smallest absolute Gasteiger partial charge is 0.213 e. The number of hydrogen-bond donors (Lipinski definition) is 3. The lowest BCUT2D eigenvalue weighted by Gasteiger charge is -1.91. The van der Waals surface area contributed by atoms with Crippen LogP contribution in [0.15, 0.2) is 6.07 Å². The zero-order valence-electron chi connectivity index (χ0n) is 7.43. The first kappa shape index (κ1) is 8.25. The molecule has 0 aromatic carbocycles. The van der Waals surface area contributed by atoms with E-state index in [0.29, 0.717) is 4.77 Å². The molecule has 2 aromatic heterocycles. The number of nitrogens with one attached hydrogen (secondary N) is 3. The van der Waals surface area contributed by atoms with Gasteiger partial charge in [-0.1, -0.05) is 0 Å². The van der Waals surface area contributed by atoms with E-state index in [1.54, 1.807) is 0 Å². The van der Waals surface area contributed by atoms with Crippen LogP contribution in [0.1, 0.15) is 11.4 Å². The molecule has 0 amide bonds. The molecule has 0 aliphatic rings. The van der Waals surface area contributed by atoms with E-state index >= 15 is 0 Å². The number of H-pyrrole nitrogens is 3. The molecule has 2 rings (SSSR count). The van der Waals surface area contributed by atoms with Crippen LogP contribution in [0, 0.1) is 18.6 Å². The summed E-state index contributed by atoms with van der Waals surface area (Å²) < 4.78 is 0.480. The average molecular weight is 194 g/mol. The van der Waals surface area contributed by atoms with Crippen molar-refractivity contribution in [2.75, 3.05) is 0 Å². The minimum absolute atomic E-state index is 0.480. The molecule has 0 aliphatic heterocycles. The van der Waals surface area contributed by atoms with Crippen LogP contribution in [0.5, 0.6) is 0 Å². The van der Waals surface area contributed by atoms with E-state index in [0.717, 1.165) is 22.8 Å². The van der Waals surface area contributed by atoms with Gasteiger partial charge in [0.25, 0.3) is 0 Å². The van der Waals surface area contributed by atoms with Crippen LogP contribution in [0.25, 0.3) is 11.4 Å². The van der Waals surface area contributed by atoms with Gasteiger partial charge in [-0.05, 0) is 32.1 Å². The number of rotatable bonds is 1. The molecule has 0 spiro atoms. The standard InChI is InChI=1S/C8H10N4S/c1-4-3-6(5(2)9-4)7-10-8(13)12-11-7/h3,9H,1-2H3,(H2,10,11,12,13). The van der Waals surface area contributed by atoms with Crippen LogP contribution in [0.4, 0.5) is 0 Å². The lowest BCUT2D eigenvalue weighted by atomic mass is 10.2. The molecule has 68 valence electrons. The molecule has 3 N–H and O–H groups in total. The maximum atomic E-state index is 4.87. The Bertz CT molecular complexity index is 476. The Labute approximate surface area is 80.4 Å². The van der Waals surface area contributed by atoms with Crippen molar-refractivity contribution in [1.82, 2.24) is 20.2 Å². The Kier molecular flexibility index (Phi) is 1.81. The van der Waals surface area contributed by atoms with E-state index in [-0.39, 0.29) is 0 Å². The summed E-state index contributed by atoms with van der Waals surface area (Å²) in [4.78, 5) is 7.35. The number of hydrogen-bond acceptors (Lipinski definition) is 2. The third-order valence-corrected chi connectivity index (χ3v) is 2.10. The second-order valence-corrected chi connectivity index (χ2v) is 3.39. The van der Waals surface area contributed by atoms with Crippen molar-refractivity contribution >= 4 is 12.2 Å².